The van der Waals surface area contributed by atoms with E-state index < -0.39 is 0 Å². The lowest BCUT2D eigenvalue weighted by Gasteiger charge is -2.09. The Hall–Kier alpha value is -2.86. The van der Waals surface area contributed by atoms with Gasteiger partial charge in [-0.05, 0) is 28.8 Å². The third-order valence-electron chi connectivity index (χ3n) is 4.03. The second-order valence-electron chi connectivity index (χ2n) is 6.19. The molecule has 0 unspecified atom stereocenters. The topological polar surface area (TPSA) is 69.2 Å². The van der Waals surface area contributed by atoms with Gasteiger partial charge in [0, 0.05) is 19.6 Å². The maximum Gasteiger partial charge on any atom is 0.305 e. The number of nitrogens with zero attached hydrogens (tertiary/aromatic N) is 1. The monoisotopic (exact) mass is 384 g/mol. The molecule has 6 nitrogen and oxygen atoms in total. The van der Waals surface area contributed by atoms with E-state index in [9.17, 15) is 4.79 Å². The number of hydrogen-bond donors (Lipinski definition) is 1. The molecule has 0 atom stereocenters. The molecule has 0 aromatic heterocycles. The van der Waals surface area contributed by atoms with E-state index in [2.05, 4.69) is 17.2 Å². The molecule has 2 aromatic rings. The Kier molecular flexibility index (Phi) is 9.58. The van der Waals surface area contributed by atoms with Crippen molar-refractivity contribution in [1.82, 2.24) is 5.43 Å². The summed E-state index contributed by atoms with van der Waals surface area (Å²) >= 11 is 0. The quantitative estimate of drug-likeness (QED) is 0.248. The fourth-order valence-electron chi connectivity index (χ4n) is 2.42. The van der Waals surface area contributed by atoms with Crippen LogP contribution < -0.4 is 10.2 Å². The molecule has 0 saturated carbocycles. The molecule has 28 heavy (non-hydrogen) atoms. The average Bonchev–Trinajstić information content (AvgIpc) is 2.73. The van der Waals surface area contributed by atoms with Gasteiger partial charge in [-0.15, -0.1) is 0 Å². The average molecular weight is 384 g/mol. The van der Waals surface area contributed by atoms with Crippen molar-refractivity contribution in [3.8, 4) is 5.75 Å². The molecule has 0 aliphatic heterocycles. The number of hydrazone groups is 1. The number of hydrogen-bond acceptors (Lipinski definition) is 6. The van der Waals surface area contributed by atoms with Crippen LogP contribution in [0.25, 0.3) is 0 Å². The molecular formula is C22H28N2O4. The van der Waals surface area contributed by atoms with Crippen LogP contribution in [0.1, 0.15) is 30.0 Å². The summed E-state index contributed by atoms with van der Waals surface area (Å²) in [5.74, 6) is 0.643. The third kappa shape index (κ3) is 8.22. The molecule has 0 aliphatic carbocycles. The van der Waals surface area contributed by atoms with Gasteiger partial charge in [-0.2, -0.15) is 5.10 Å². The fourth-order valence-corrected chi connectivity index (χ4v) is 2.42. The van der Waals surface area contributed by atoms with Gasteiger partial charge >= 0.3 is 5.97 Å². The van der Waals surface area contributed by atoms with Crippen LogP contribution in [0.2, 0.25) is 0 Å². The van der Waals surface area contributed by atoms with Gasteiger partial charge in [-0.1, -0.05) is 43.3 Å². The van der Waals surface area contributed by atoms with Crippen LogP contribution in [0.5, 0.6) is 5.75 Å². The smallest absolute Gasteiger partial charge is 0.305 e. The van der Waals surface area contributed by atoms with Crippen molar-refractivity contribution >= 4 is 12.7 Å². The van der Waals surface area contributed by atoms with Crippen LogP contribution in [0.3, 0.4) is 0 Å². The van der Waals surface area contributed by atoms with Gasteiger partial charge in [-0.25, -0.2) is 0 Å². The Balaban J connectivity index is 1.70. The fraction of sp³-hybridized carbons (Fsp3) is 0.364. The lowest BCUT2D eigenvalue weighted by atomic mass is 10.1. The normalized spacial score (nSPS) is 10.3. The zero-order chi connectivity index (χ0) is 20.0. The summed E-state index contributed by atoms with van der Waals surface area (Å²) in [6.07, 6.45) is 1.11. The van der Waals surface area contributed by atoms with Crippen molar-refractivity contribution in [2.24, 2.45) is 5.10 Å². The molecule has 2 rings (SSSR count). The van der Waals surface area contributed by atoms with Crippen molar-refractivity contribution in [2.45, 2.75) is 33.0 Å². The second kappa shape index (κ2) is 12.5. The summed E-state index contributed by atoms with van der Waals surface area (Å²) in [5, 5.41) is 3.55. The number of ether oxygens (including phenoxy) is 3. The predicted molar refractivity (Wildman–Crippen MR) is 109 cm³/mol. The molecule has 0 amide bonds. The highest BCUT2D eigenvalue weighted by Gasteiger charge is 2.01. The van der Waals surface area contributed by atoms with E-state index in [-0.39, 0.29) is 5.97 Å². The third-order valence-corrected chi connectivity index (χ3v) is 4.03. The summed E-state index contributed by atoms with van der Waals surface area (Å²) in [6, 6.07) is 16.0. The number of carbonyl (C=O) groups excluding carboxylic acids is 1. The molecule has 0 spiro atoms. The SMILES string of the molecule is C=NNCCOCc1ccc(COc2ccc(CCOC(=O)CC)cc2)cc1. The predicted octanol–water partition coefficient (Wildman–Crippen LogP) is 3.48. The summed E-state index contributed by atoms with van der Waals surface area (Å²) < 4.78 is 16.5. The molecule has 2 aromatic carbocycles. The van der Waals surface area contributed by atoms with Gasteiger partial charge in [0.05, 0.1) is 26.4 Å². The number of esters is 1. The van der Waals surface area contributed by atoms with Gasteiger partial charge < -0.3 is 19.6 Å². The minimum Gasteiger partial charge on any atom is -0.489 e. The van der Waals surface area contributed by atoms with Crippen LogP contribution >= 0.6 is 0 Å². The number of nitrogens with one attached hydrogen (secondary N) is 1. The van der Waals surface area contributed by atoms with Gasteiger partial charge in [0.1, 0.15) is 12.4 Å². The Morgan fingerprint density at radius 2 is 1.61 bits per heavy atom. The first-order chi connectivity index (χ1) is 13.7. The molecule has 1 N–H and O–H groups in total. The highest BCUT2D eigenvalue weighted by molar-refractivity contribution is 5.68. The summed E-state index contributed by atoms with van der Waals surface area (Å²) in [7, 11) is 0. The molecule has 0 heterocycles. The summed E-state index contributed by atoms with van der Waals surface area (Å²) in [5.41, 5.74) is 6.07. The maximum atomic E-state index is 11.1. The van der Waals surface area contributed by atoms with Crippen molar-refractivity contribution in [3.63, 3.8) is 0 Å². The first-order valence-electron chi connectivity index (χ1n) is 9.42. The molecule has 0 saturated heterocycles. The summed E-state index contributed by atoms with van der Waals surface area (Å²) in [4.78, 5) is 11.1. The van der Waals surface area contributed by atoms with Crippen molar-refractivity contribution in [2.75, 3.05) is 19.8 Å². The maximum absolute atomic E-state index is 11.1. The molecule has 0 aliphatic rings. The number of carbonyl (C=O) groups is 1. The number of benzene rings is 2. The number of rotatable bonds is 13. The van der Waals surface area contributed by atoms with Crippen LogP contribution in [0.15, 0.2) is 53.6 Å². The van der Waals surface area contributed by atoms with Gasteiger partial charge in [0.2, 0.25) is 0 Å². The molecule has 6 heteroatoms. The Morgan fingerprint density at radius 3 is 2.25 bits per heavy atom. The Labute approximate surface area is 166 Å². The minimum atomic E-state index is -0.167. The Morgan fingerprint density at radius 1 is 0.964 bits per heavy atom. The second-order valence-corrected chi connectivity index (χ2v) is 6.19. The van der Waals surface area contributed by atoms with E-state index in [1.807, 2.05) is 48.5 Å². The van der Waals surface area contributed by atoms with E-state index in [4.69, 9.17) is 14.2 Å². The zero-order valence-corrected chi connectivity index (χ0v) is 16.4. The van der Waals surface area contributed by atoms with Crippen molar-refractivity contribution < 1.29 is 19.0 Å². The molecule has 150 valence electrons. The Bertz CT molecular complexity index is 714. The standard InChI is InChI=1S/C22H28N2O4/c1-3-22(25)27-14-12-18-8-10-21(11-9-18)28-17-20-6-4-19(5-7-20)16-26-15-13-24-23-2/h4-11,24H,2-3,12-17H2,1H3. The van der Waals surface area contributed by atoms with Gasteiger partial charge in [0.15, 0.2) is 0 Å². The van der Waals surface area contributed by atoms with Crippen LogP contribution in [0.4, 0.5) is 0 Å². The van der Waals surface area contributed by atoms with E-state index in [0.717, 1.165) is 22.4 Å². The molecule has 0 radical (unpaired) electrons. The van der Waals surface area contributed by atoms with E-state index in [0.29, 0.717) is 45.8 Å². The first-order valence-corrected chi connectivity index (χ1v) is 9.42. The van der Waals surface area contributed by atoms with Gasteiger partial charge in [-0.3, -0.25) is 4.79 Å². The lowest BCUT2D eigenvalue weighted by Crippen LogP contribution is -2.13. The highest BCUT2D eigenvalue weighted by atomic mass is 16.5. The molecular weight excluding hydrogens is 356 g/mol. The van der Waals surface area contributed by atoms with Crippen molar-refractivity contribution in [1.29, 1.82) is 0 Å². The summed E-state index contributed by atoms with van der Waals surface area (Å²) in [6.45, 7) is 7.84. The molecule has 0 fully saturated rings. The first kappa shape index (κ1) is 21.4. The van der Waals surface area contributed by atoms with Gasteiger partial charge in [0.25, 0.3) is 0 Å². The van der Waals surface area contributed by atoms with E-state index in [1.54, 1.807) is 6.92 Å². The minimum absolute atomic E-state index is 0.167. The molecule has 0 bridgehead atoms. The van der Waals surface area contributed by atoms with E-state index in [1.165, 1.54) is 0 Å². The lowest BCUT2D eigenvalue weighted by molar-refractivity contribution is -0.143. The van der Waals surface area contributed by atoms with Crippen molar-refractivity contribution in [3.05, 3.63) is 65.2 Å². The van der Waals surface area contributed by atoms with Crippen LogP contribution in [-0.4, -0.2) is 32.4 Å². The van der Waals surface area contributed by atoms with E-state index >= 15 is 0 Å². The zero-order valence-electron chi connectivity index (χ0n) is 16.4. The van der Waals surface area contributed by atoms with Crippen LogP contribution in [-0.2, 0) is 33.9 Å². The largest absolute Gasteiger partial charge is 0.489 e. The van der Waals surface area contributed by atoms with Crippen LogP contribution in [0, 0.1) is 0 Å². The highest BCUT2D eigenvalue weighted by Crippen LogP contribution is 2.15.